The molecule has 0 heterocycles. The molecule has 0 nitrogen and oxygen atoms in total. The lowest BCUT2D eigenvalue weighted by Gasteiger charge is -1.92. The minimum atomic E-state index is 0.919. The van der Waals surface area contributed by atoms with Crippen molar-refractivity contribution in [2.45, 2.75) is 18.9 Å². The Hall–Kier alpha value is -0.0431. The quantitative estimate of drug-likeness (QED) is 0.354. The van der Waals surface area contributed by atoms with E-state index < -0.39 is 0 Å². The van der Waals surface area contributed by atoms with Crippen LogP contribution in [-0.4, -0.2) is 10.2 Å². The van der Waals surface area contributed by atoms with Crippen molar-refractivity contribution in [1.82, 2.24) is 0 Å². The lowest BCUT2D eigenvalue weighted by atomic mass is 10.3. The van der Waals surface area contributed by atoms with Crippen LogP contribution in [0.5, 0.6) is 0 Å². The molecule has 0 saturated heterocycles. The molecule has 0 bridgehead atoms. The van der Waals surface area contributed by atoms with Crippen LogP contribution in [0.1, 0.15) is 13.3 Å². The summed E-state index contributed by atoms with van der Waals surface area (Å²) in [5.74, 6) is 0. The minimum Gasteiger partial charge on any atom is -0.103 e. The second-order valence-corrected chi connectivity index (χ2v) is 3.89. The van der Waals surface area contributed by atoms with E-state index in [0.717, 1.165) is 5.54 Å². The van der Waals surface area contributed by atoms with Crippen molar-refractivity contribution in [1.29, 1.82) is 0 Å². The zero-order valence-electron chi connectivity index (χ0n) is 4.57. The first kappa shape index (κ1) is 5.96. The molecular weight excluding hydrogens is 88.1 g/mol. The number of rotatable bonds is 2. The highest BCUT2D eigenvalue weighted by molar-refractivity contribution is 6.11. The van der Waals surface area contributed by atoms with Gasteiger partial charge in [-0.15, -0.1) is 6.58 Å². The van der Waals surface area contributed by atoms with Gasteiger partial charge in [0.1, 0.15) is 0 Å². The summed E-state index contributed by atoms with van der Waals surface area (Å²) in [6.07, 6.45) is 3.18. The van der Waals surface area contributed by atoms with E-state index in [-0.39, 0.29) is 0 Å². The highest BCUT2D eigenvalue weighted by Crippen LogP contribution is 2.00. The predicted molar refractivity (Wildman–Crippen MR) is 34.2 cm³/mol. The molecule has 0 spiro atoms. The summed E-state index contributed by atoms with van der Waals surface area (Å²) in [5, 5.41) is 0. The van der Waals surface area contributed by atoms with Gasteiger partial charge in [-0.1, -0.05) is 18.5 Å². The molecule has 0 aromatic carbocycles. The second kappa shape index (κ2) is 3.16. The average Bonchev–Trinajstić information content (AvgIpc) is 1.35. The first-order valence-electron chi connectivity index (χ1n) is 2.38. The first-order chi connectivity index (χ1) is 2.77. The zero-order valence-corrected chi connectivity index (χ0v) is 6.57. The summed E-state index contributed by atoms with van der Waals surface area (Å²) in [4.78, 5) is 0. The molecule has 0 rings (SSSR count). The summed E-state index contributed by atoms with van der Waals surface area (Å²) in [6, 6.07) is 0. The predicted octanol–water partition coefficient (Wildman–Crippen LogP) is 0.736. The maximum Gasteiger partial charge on any atom is 0.00677 e. The Labute approximate surface area is 42.7 Å². The fourth-order valence-corrected chi connectivity index (χ4v) is 0.667. The molecule has 0 N–H and O–H groups in total. The summed E-state index contributed by atoms with van der Waals surface area (Å²) < 4.78 is 0. The van der Waals surface area contributed by atoms with Gasteiger partial charge in [-0.05, 0) is 6.42 Å². The van der Waals surface area contributed by atoms with Crippen LogP contribution in [0.2, 0.25) is 5.54 Å². The topological polar surface area (TPSA) is 0 Å². The maximum atomic E-state index is 3.62. The van der Waals surface area contributed by atoms with Crippen LogP contribution < -0.4 is 0 Å². The molecule has 0 aromatic rings. The molecule has 6 heavy (non-hydrogen) atoms. The molecule has 1 heteroatoms. The Balaban J connectivity index is 2.81. The van der Waals surface area contributed by atoms with Crippen molar-refractivity contribution < 1.29 is 0 Å². The van der Waals surface area contributed by atoms with E-state index >= 15 is 0 Å². The van der Waals surface area contributed by atoms with Gasteiger partial charge in [0.25, 0.3) is 0 Å². The second-order valence-electron chi connectivity index (χ2n) is 1.92. The molecule has 0 saturated carbocycles. The van der Waals surface area contributed by atoms with Gasteiger partial charge in [-0.3, -0.25) is 0 Å². The SMILES string of the molecule is C=CCC(C)[SiH3]. The molecular formula is C5H12Si. The standard InChI is InChI=1S/C5H12Si/c1-3-4-5(2)6/h3,5H,1,4H2,2,6H3. The monoisotopic (exact) mass is 100 g/mol. The number of allylic oxidation sites excluding steroid dienone is 1. The minimum absolute atomic E-state index is 0.919. The average molecular weight is 100 g/mol. The zero-order chi connectivity index (χ0) is 4.99. The van der Waals surface area contributed by atoms with Crippen molar-refractivity contribution in [3.8, 4) is 0 Å². The van der Waals surface area contributed by atoms with E-state index in [1.807, 2.05) is 6.08 Å². The van der Waals surface area contributed by atoms with Crippen molar-refractivity contribution in [2.75, 3.05) is 0 Å². The van der Waals surface area contributed by atoms with E-state index in [1.54, 1.807) is 0 Å². The smallest absolute Gasteiger partial charge is 0.00677 e. The van der Waals surface area contributed by atoms with E-state index in [1.165, 1.54) is 16.7 Å². The van der Waals surface area contributed by atoms with E-state index in [9.17, 15) is 0 Å². The molecule has 1 unspecified atom stereocenters. The van der Waals surface area contributed by atoms with Crippen LogP contribution in [0.3, 0.4) is 0 Å². The third kappa shape index (κ3) is 3.96. The normalized spacial score (nSPS) is 14.2. The van der Waals surface area contributed by atoms with E-state index in [0.29, 0.717) is 0 Å². The molecule has 0 aromatic heterocycles. The Bertz CT molecular complexity index is 39.2. The molecule has 36 valence electrons. The fourth-order valence-electron chi connectivity index (χ4n) is 0.333. The van der Waals surface area contributed by atoms with Gasteiger partial charge in [-0.2, -0.15) is 0 Å². The van der Waals surface area contributed by atoms with Crippen LogP contribution in [0.15, 0.2) is 12.7 Å². The van der Waals surface area contributed by atoms with Crippen molar-refractivity contribution in [3.63, 3.8) is 0 Å². The largest absolute Gasteiger partial charge is 0.103 e. The Kier molecular flexibility index (Phi) is 3.14. The summed E-state index contributed by atoms with van der Waals surface area (Å²) in [7, 11) is 1.31. The highest BCUT2D eigenvalue weighted by Gasteiger charge is 1.83. The van der Waals surface area contributed by atoms with Gasteiger partial charge in [0.2, 0.25) is 0 Å². The third-order valence-corrected chi connectivity index (χ3v) is 1.11. The Morgan fingerprint density at radius 1 is 2.00 bits per heavy atom. The molecule has 0 aliphatic heterocycles. The fraction of sp³-hybridized carbons (Fsp3) is 0.600. The first-order valence-corrected chi connectivity index (χ1v) is 3.53. The van der Waals surface area contributed by atoms with E-state index in [4.69, 9.17) is 0 Å². The molecule has 0 aliphatic carbocycles. The van der Waals surface area contributed by atoms with Gasteiger partial charge >= 0.3 is 0 Å². The van der Waals surface area contributed by atoms with Crippen LogP contribution in [0.25, 0.3) is 0 Å². The lowest BCUT2D eigenvalue weighted by Crippen LogP contribution is -1.78. The van der Waals surface area contributed by atoms with Crippen LogP contribution >= 0.6 is 0 Å². The van der Waals surface area contributed by atoms with Crippen molar-refractivity contribution in [2.24, 2.45) is 0 Å². The van der Waals surface area contributed by atoms with E-state index in [2.05, 4.69) is 13.5 Å². The summed E-state index contributed by atoms with van der Waals surface area (Å²) in [5.41, 5.74) is 0.919. The summed E-state index contributed by atoms with van der Waals surface area (Å²) in [6.45, 7) is 5.87. The Morgan fingerprint density at radius 3 is 2.50 bits per heavy atom. The highest BCUT2D eigenvalue weighted by atomic mass is 28.1. The molecule has 0 amide bonds. The molecule has 1 atom stereocenters. The number of hydrogen-bond acceptors (Lipinski definition) is 0. The number of hydrogen-bond donors (Lipinski definition) is 0. The van der Waals surface area contributed by atoms with Crippen LogP contribution in [0, 0.1) is 0 Å². The van der Waals surface area contributed by atoms with Gasteiger partial charge in [-0.25, -0.2) is 0 Å². The summed E-state index contributed by atoms with van der Waals surface area (Å²) >= 11 is 0. The van der Waals surface area contributed by atoms with Gasteiger partial charge in [0, 0.05) is 10.2 Å². The molecule has 0 fully saturated rings. The Morgan fingerprint density at radius 2 is 2.50 bits per heavy atom. The van der Waals surface area contributed by atoms with Gasteiger partial charge in [0.15, 0.2) is 0 Å². The molecule has 0 radical (unpaired) electrons. The van der Waals surface area contributed by atoms with Crippen LogP contribution in [0.4, 0.5) is 0 Å². The van der Waals surface area contributed by atoms with Crippen molar-refractivity contribution in [3.05, 3.63) is 12.7 Å². The van der Waals surface area contributed by atoms with Crippen molar-refractivity contribution >= 4 is 10.2 Å². The third-order valence-electron chi connectivity index (χ3n) is 0.638. The molecule has 0 aliphatic rings. The van der Waals surface area contributed by atoms with Gasteiger partial charge in [0.05, 0.1) is 0 Å². The van der Waals surface area contributed by atoms with Crippen LogP contribution in [-0.2, 0) is 0 Å². The lowest BCUT2D eigenvalue weighted by molar-refractivity contribution is 0.954. The van der Waals surface area contributed by atoms with Gasteiger partial charge < -0.3 is 0 Å². The maximum absolute atomic E-state index is 3.62.